The fraction of sp³-hybridized carbons (Fsp3) is 0.250. The van der Waals surface area contributed by atoms with Gasteiger partial charge in [-0.1, -0.05) is 6.42 Å². The number of halogens is 2. The number of benzene rings is 2. The number of carboxylic acids is 1. The summed E-state index contributed by atoms with van der Waals surface area (Å²) in [7, 11) is -4.25. The standard InChI is InChI=1S/C20H18F2N4O4S/c21-15-11-16(22)17(25-31(29,30)13-7-5-12(6-8-13)20(27)28)10-14(15)19-24-23-18-4-2-1-3-9-26(18)19/h5-8,10-11,25H,1-4,9H2,(H,27,28). The molecule has 2 aromatic carbocycles. The van der Waals surface area contributed by atoms with E-state index < -0.39 is 33.3 Å². The Morgan fingerprint density at radius 1 is 1.03 bits per heavy atom. The second-order valence-corrected chi connectivity index (χ2v) is 8.83. The maximum absolute atomic E-state index is 14.6. The highest BCUT2D eigenvalue weighted by molar-refractivity contribution is 7.92. The van der Waals surface area contributed by atoms with Crippen molar-refractivity contribution in [2.75, 3.05) is 4.72 Å². The smallest absolute Gasteiger partial charge is 0.335 e. The SMILES string of the molecule is O=C(O)c1ccc(S(=O)(=O)Nc2cc(-c3nnc4n3CCCCC4)c(F)cc2F)cc1. The van der Waals surface area contributed by atoms with Gasteiger partial charge >= 0.3 is 5.97 Å². The fourth-order valence-electron chi connectivity index (χ4n) is 3.46. The van der Waals surface area contributed by atoms with E-state index in [1.807, 2.05) is 0 Å². The molecule has 0 unspecified atom stereocenters. The lowest BCUT2D eigenvalue weighted by Crippen LogP contribution is -2.15. The molecule has 0 amide bonds. The summed E-state index contributed by atoms with van der Waals surface area (Å²) in [6.45, 7) is 0.589. The largest absolute Gasteiger partial charge is 0.478 e. The second-order valence-electron chi connectivity index (χ2n) is 7.15. The van der Waals surface area contributed by atoms with Gasteiger partial charge in [0, 0.05) is 19.0 Å². The summed E-state index contributed by atoms with van der Waals surface area (Å²) in [6.07, 6.45) is 3.50. The molecule has 0 spiro atoms. The minimum atomic E-state index is -4.25. The average molecular weight is 448 g/mol. The van der Waals surface area contributed by atoms with Crippen molar-refractivity contribution in [3.63, 3.8) is 0 Å². The Hall–Kier alpha value is -3.34. The van der Waals surface area contributed by atoms with Gasteiger partial charge in [-0.25, -0.2) is 22.0 Å². The van der Waals surface area contributed by atoms with Crippen LogP contribution in [0.1, 0.15) is 35.4 Å². The van der Waals surface area contributed by atoms with Gasteiger partial charge in [0.05, 0.1) is 21.7 Å². The number of fused-ring (bicyclic) bond motifs is 1. The monoisotopic (exact) mass is 448 g/mol. The molecule has 8 nitrogen and oxygen atoms in total. The van der Waals surface area contributed by atoms with E-state index in [4.69, 9.17) is 5.11 Å². The third-order valence-corrected chi connectivity index (χ3v) is 6.44. The van der Waals surface area contributed by atoms with E-state index >= 15 is 0 Å². The molecule has 0 bridgehead atoms. The van der Waals surface area contributed by atoms with Crippen LogP contribution in [0.2, 0.25) is 0 Å². The Morgan fingerprint density at radius 2 is 1.77 bits per heavy atom. The van der Waals surface area contributed by atoms with Crippen molar-refractivity contribution in [3.8, 4) is 11.4 Å². The normalized spacial score (nSPS) is 14.0. The zero-order valence-electron chi connectivity index (χ0n) is 16.2. The first-order valence-electron chi connectivity index (χ1n) is 9.54. The van der Waals surface area contributed by atoms with Gasteiger partial charge in [0.25, 0.3) is 10.0 Å². The zero-order chi connectivity index (χ0) is 22.2. The van der Waals surface area contributed by atoms with Gasteiger partial charge in [0.1, 0.15) is 17.5 Å². The minimum Gasteiger partial charge on any atom is -0.478 e. The van der Waals surface area contributed by atoms with E-state index in [0.717, 1.165) is 49.6 Å². The number of aromatic carboxylic acids is 1. The summed E-state index contributed by atoms with van der Waals surface area (Å²) in [5.74, 6) is -2.27. The summed E-state index contributed by atoms with van der Waals surface area (Å²) >= 11 is 0. The Labute approximate surface area is 176 Å². The van der Waals surface area contributed by atoms with Crippen LogP contribution in [-0.4, -0.2) is 34.3 Å². The van der Waals surface area contributed by atoms with E-state index in [9.17, 15) is 22.0 Å². The molecule has 0 aliphatic carbocycles. The number of aryl methyl sites for hydroxylation is 1. The lowest BCUT2D eigenvalue weighted by atomic mass is 10.1. The molecule has 0 saturated heterocycles. The van der Waals surface area contributed by atoms with E-state index in [1.165, 1.54) is 0 Å². The van der Waals surface area contributed by atoms with Crippen LogP contribution < -0.4 is 4.72 Å². The van der Waals surface area contributed by atoms with Gasteiger partial charge < -0.3 is 9.67 Å². The second kappa shape index (κ2) is 8.06. The molecule has 0 saturated carbocycles. The summed E-state index contributed by atoms with van der Waals surface area (Å²) in [6, 6.07) is 6.07. The molecule has 1 aliphatic rings. The summed E-state index contributed by atoms with van der Waals surface area (Å²) in [5, 5.41) is 17.1. The molecular formula is C20H18F2N4O4S. The van der Waals surface area contributed by atoms with E-state index in [1.54, 1.807) is 4.57 Å². The lowest BCUT2D eigenvalue weighted by molar-refractivity contribution is 0.0696. The molecule has 1 aliphatic heterocycles. The third-order valence-electron chi connectivity index (χ3n) is 5.06. The molecule has 3 aromatic rings. The topological polar surface area (TPSA) is 114 Å². The molecule has 1 aromatic heterocycles. The molecule has 0 atom stereocenters. The summed E-state index contributed by atoms with van der Waals surface area (Å²) in [4.78, 5) is 10.7. The van der Waals surface area contributed by atoms with Crippen LogP contribution in [0.15, 0.2) is 41.3 Å². The summed E-state index contributed by atoms with van der Waals surface area (Å²) in [5.41, 5.74) is -0.618. The van der Waals surface area contributed by atoms with Gasteiger partial charge in [-0.2, -0.15) is 0 Å². The Kier molecular flexibility index (Phi) is 5.44. The summed E-state index contributed by atoms with van der Waals surface area (Å²) < 4.78 is 58.1. The first-order chi connectivity index (χ1) is 14.8. The first-order valence-corrected chi connectivity index (χ1v) is 11.0. The number of aromatic nitrogens is 3. The van der Waals surface area contributed by atoms with E-state index in [0.29, 0.717) is 24.9 Å². The quantitative estimate of drug-likeness (QED) is 0.618. The molecule has 31 heavy (non-hydrogen) atoms. The van der Waals surface area contributed by atoms with Gasteiger partial charge in [-0.15, -0.1) is 10.2 Å². The molecule has 0 radical (unpaired) electrons. The van der Waals surface area contributed by atoms with Crippen molar-refractivity contribution < 1.29 is 27.1 Å². The number of nitrogens with zero attached hydrogens (tertiary/aromatic N) is 3. The van der Waals surface area contributed by atoms with Crippen molar-refractivity contribution in [3.05, 3.63) is 59.4 Å². The van der Waals surface area contributed by atoms with Crippen LogP contribution >= 0.6 is 0 Å². The number of hydrogen-bond donors (Lipinski definition) is 2. The third kappa shape index (κ3) is 4.13. The van der Waals surface area contributed by atoms with Crippen LogP contribution in [0, 0.1) is 11.6 Å². The van der Waals surface area contributed by atoms with Gasteiger partial charge in [-0.3, -0.25) is 4.72 Å². The number of anilines is 1. The van der Waals surface area contributed by atoms with Crippen molar-refractivity contribution in [2.24, 2.45) is 0 Å². The maximum atomic E-state index is 14.6. The van der Waals surface area contributed by atoms with Crippen LogP contribution in [-0.2, 0) is 23.0 Å². The van der Waals surface area contributed by atoms with Crippen molar-refractivity contribution in [2.45, 2.75) is 37.1 Å². The predicted octanol–water partition coefficient (Wildman–Crippen LogP) is 3.45. The maximum Gasteiger partial charge on any atom is 0.335 e. The average Bonchev–Trinajstić information content (AvgIpc) is 2.97. The zero-order valence-corrected chi connectivity index (χ0v) is 17.0. The fourth-order valence-corrected chi connectivity index (χ4v) is 4.52. The van der Waals surface area contributed by atoms with E-state index in [2.05, 4.69) is 14.9 Å². The van der Waals surface area contributed by atoms with Gasteiger partial charge in [0.2, 0.25) is 0 Å². The Balaban J connectivity index is 1.70. The highest BCUT2D eigenvalue weighted by atomic mass is 32.2. The molecule has 162 valence electrons. The molecule has 2 N–H and O–H groups in total. The Morgan fingerprint density at radius 3 is 2.48 bits per heavy atom. The number of nitrogens with one attached hydrogen (secondary N) is 1. The molecule has 2 heterocycles. The van der Waals surface area contributed by atoms with Crippen LogP contribution in [0.25, 0.3) is 11.4 Å². The minimum absolute atomic E-state index is 0.0685. The van der Waals surface area contributed by atoms with Crippen LogP contribution in [0.5, 0.6) is 0 Å². The number of sulfonamides is 1. The molecule has 11 heteroatoms. The predicted molar refractivity (Wildman–Crippen MR) is 107 cm³/mol. The number of carboxylic acid groups (broad SMARTS) is 1. The van der Waals surface area contributed by atoms with E-state index in [-0.39, 0.29) is 21.8 Å². The lowest BCUT2D eigenvalue weighted by Gasteiger charge is -2.13. The van der Waals surface area contributed by atoms with Gasteiger partial charge in [-0.05, 0) is 43.2 Å². The van der Waals surface area contributed by atoms with Crippen LogP contribution in [0.3, 0.4) is 0 Å². The first kappa shape index (κ1) is 20.9. The van der Waals surface area contributed by atoms with Crippen LogP contribution in [0.4, 0.5) is 14.5 Å². The van der Waals surface area contributed by atoms with Crippen molar-refractivity contribution in [1.82, 2.24) is 14.8 Å². The molecule has 0 fully saturated rings. The highest BCUT2D eigenvalue weighted by Gasteiger charge is 2.23. The molecular weight excluding hydrogens is 430 g/mol. The number of rotatable bonds is 5. The highest BCUT2D eigenvalue weighted by Crippen LogP contribution is 2.30. The molecule has 4 rings (SSSR count). The number of hydrogen-bond acceptors (Lipinski definition) is 5. The van der Waals surface area contributed by atoms with Gasteiger partial charge in [0.15, 0.2) is 5.82 Å². The van der Waals surface area contributed by atoms with Crippen molar-refractivity contribution in [1.29, 1.82) is 0 Å². The Bertz CT molecular complexity index is 1260. The number of carbonyl (C=O) groups is 1. The van der Waals surface area contributed by atoms with Crippen molar-refractivity contribution >= 4 is 21.7 Å².